The van der Waals surface area contributed by atoms with Gasteiger partial charge >= 0.3 is 0 Å². The van der Waals surface area contributed by atoms with Gasteiger partial charge in [0.15, 0.2) is 5.78 Å². The lowest BCUT2D eigenvalue weighted by Crippen LogP contribution is -2.24. The van der Waals surface area contributed by atoms with Gasteiger partial charge < -0.3 is 4.52 Å². The number of Topliss-reactive ketones (excluding diaryl/α,β-unsaturated/α-hetero) is 1. The van der Waals surface area contributed by atoms with Gasteiger partial charge in [-0.3, -0.25) is 14.2 Å². The second-order valence-corrected chi connectivity index (χ2v) is 5.50. The van der Waals surface area contributed by atoms with E-state index in [4.69, 9.17) is 4.52 Å². The quantitative estimate of drug-likeness (QED) is 0.677. The molecule has 6 heteroatoms. The highest BCUT2D eigenvalue weighted by atomic mass is 16.5. The summed E-state index contributed by atoms with van der Waals surface area (Å²) in [6.07, 6.45) is 3.37. The molecule has 118 valence electrons. The molecular formula is C17H17N3O3. The van der Waals surface area contributed by atoms with Gasteiger partial charge in [-0.15, -0.1) is 0 Å². The maximum absolute atomic E-state index is 12.4. The summed E-state index contributed by atoms with van der Waals surface area (Å²) in [6.45, 7) is 3.73. The van der Waals surface area contributed by atoms with E-state index in [1.165, 1.54) is 16.5 Å². The van der Waals surface area contributed by atoms with E-state index in [0.29, 0.717) is 16.6 Å². The molecule has 0 saturated heterocycles. The van der Waals surface area contributed by atoms with E-state index in [1.54, 1.807) is 19.1 Å². The van der Waals surface area contributed by atoms with Gasteiger partial charge in [0.25, 0.3) is 11.3 Å². The van der Waals surface area contributed by atoms with Crippen LogP contribution in [0.4, 0.5) is 0 Å². The van der Waals surface area contributed by atoms with Crippen molar-refractivity contribution in [1.29, 1.82) is 0 Å². The van der Waals surface area contributed by atoms with E-state index in [1.807, 2.05) is 12.1 Å². The molecule has 0 aliphatic heterocycles. The van der Waals surface area contributed by atoms with Crippen molar-refractivity contribution in [3.63, 3.8) is 0 Å². The molecule has 3 rings (SSSR count). The lowest BCUT2D eigenvalue weighted by Gasteiger charge is -2.05. The van der Waals surface area contributed by atoms with Gasteiger partial charge in [0.2, 0.25) is 0 Å². The Morgan fingerprint density at radius 3 is 2.70 bits per heavy atom. The molecule has 0 fully saturated rings. The second kappa shape index (κ2) is 6.16. The fraction of sp³-hybridized carbons (Fsp3) is 0.294. The zero-order valence-corrected chi connectivity index (χ0v) is 13.1. The fourth-order valence-corrected chi connectivity index (χ4v) is 2.51. The molecule has 0 atom stereocenters. The van der Waals surface area contributed by atoms with E-state index >= 15 is 0 Å². The summed E-state index contributed by atoms with van der Waals surface area (Å²) in [4.78, 5) is 28.8. The SMILES string of the molecule is CCCc1ccc(C(=O)Cn2cnc3onc(C)c3c2=O)cc1. The van der Waals surface area contributed by atoms with Crippen LogP contribution in [-0.2, 0) is 13.0 Å². The van der Waals surface area contributed by atoms with Crippen molar-refractivity contribution in [3.8, 4) is 0 Å². The number of benzene rings is 1. The Hall–Kier alpha value is -2.76. The van der Waals surface area contributed by atoms with Crippen molar-refractivity contribution in [3.05, 3.63) is 57.8 Å². The summed E-state index contributed by atoms with van der Waals surface area (Å²) in [5, 5.41) is 4.04. The molecule has 0 N–H and O–H groups in total. The zero-order valence-electron chi connectivity index (χ0n) is 13.1. The first-order chi connectivity index (χ1) is 11.1. The Morgan fingerprint density at radius 2 is 2.00 bits per heavy atom. The topological polar surface area (TPSA) is 78.0 Å². The van der Waals surface area contributed by atoms with Crippen molar-refractivity contribution < 1.29 is 9.32 Å². The van der Waals surface area contributed by atoms with E-state index < -0.39 is 0 Å². The van der Waals surface area contributed by atoms with Gasteiger partial charge in [0, 0.05) is 5.56 Å². The van der Waals surface area contributed by atoms with Crippen molar-refractivity contribution >= 4 is 16.9 Å². The molecule has 0 spiro atoms. The lowest BCUT2D eigenvalue weighted by molar-refractivity contribution is 0.0970. The summed E-state index contributed by atoms with van der Waals surface area (Å²) in [5.74, 6) is -0.134. The van der Waals surface area contributed by atoms with Crippen molar-refractivity contribution in [1.82, 2.24) is 14.7 Å². The van der Waals surface area contributed by atoms with Crippen molar-refractivity contribution in [2.45, 2.75) is 33.2 Å². The molecule has 0 amide bonds. The molecular weight excluding hydrogens is 294 g/mol. The van der Waals surface area contributed by atoms with Gasteiger partial charge in [-0.1, -0.05) is 42.8 Å². The summed E-state index contributed by atoms with van der Waals surface area (Å²) >= 11 is 0. The van der Waals surface area contributed by atoms with Gasteiger partial charge in [-0.25, -0.2) is 4.98 Å². The van der Waals surface area contributed by atoms with Crippen LogP contribution >= 0.6 is 0 Å². The van der Waals surface area contributed by atoms with Crippen LogP contribution in [-0.4, -0.2) is 20.5 Å². The monoisotopic (exact) mass is 311 g/mol. The van der Waals surface area contributed by atoms with Crippen LogP contribution < -0.4 is 5.56 Å². The van der Waals surface area contributed by atoms with E-state index in [9.17, 15) is 9.59 Å². The average molecular weight is 311 g/mol. The highest BCUT2D eigenvalue weighted by Crippen LogP contribution is 2.11. The third-order valence-corrected chi connectivity index (χ3v) is 3.76. The summed E-state index contributed by atoms with van der Waals surface area (Å²) in [6, 6.07) is 7.50. The van der Waals surface area contributed by atoms with Crippen LogP contribution in [0.15, 0.2) is 39.9 Å². The lowest BCUT2D eigenvalue weighted by atomic mass is 10.1. The molecule has 0 aliphatic carbocycles. The van der Waals surface area contributed by atoms with Gasteiger partial charge in [-0.2, -0.15) is 0 Å². The number of fused-ring (bicyclic) bond motifs is 1. The third-order valence-electron chi connectivity index (χ3n) is 3.76. The smallest absolute Gasteiger partial charge is 0.267 e. The molecule has 0 aliphatic rings. The molecule has 0 bridgehead atoms. The zero-order chi connectivity index (χ0) is 16.4. The Kier molecular flexibility index (Phi) is 4.06. The Morgan fingerprint density at radius 1 is 1.26 bits per heavy atom. The minimum absolute atomic E-state index is 0.0560. The van der Waals surface area contributed by atoms with Crippen molar-refractivity contribution in [2.24, 2.45) is 0 Å². The molecule has 0 unspecified atom stereocenters. The van der Waals surface area contributed by atoms with Gasteiger partial charge in [0.1, 0.15) is 11.7 Å². The van der Waals surface area contributed by atoms with Crippen LogP contribution in [0, 0.1) is 6.92 Å². The number of rotatable bonds is 5. The van der Waals surface area contributed by atoms with Crippen LogP contribution in [0.5, 0.6) is 0 Å². The molecule has 2 heterocycles. The predicted molar refractivity (Wildman–Crippen MR) is 85.6 cm³/mol. The molecule has 6 nitrogen and oxygen atoms in total. The highest BCUT2D eigenvalue weighted by molar-refractivity contribution is 5.96. The summed E-state index contributed by atoms with van der Waals surface area (Å²) < 4.78 is 6.24. The van der Waals surface area contributed by atoms with E-state index in [-0.39, 0.29) is 23.6 Å². The normalized spacial score (nSPS) is 11.0. The summed E-state index contributed by atoms with van der Waals surface area (Å²) in [5.41, 5.74) is 2.14. The first kappa shape index (κ1) is 15.1. The molecule has 0 radical (unpaired) electrons. The van der Waals surface area contributed by atoms with Crippen molar-refractivity contribution in [2.75, 3.05) is 0 Å². The standard InChI is InChI=1S/C17H17N3O3/c1-3-4-12-5-7-13(8-6-12)14(21)9-20-10-18-16-15(17(20)22)11(2)19-23-16/h5-8,10H,3-4,9H2,1-2H3. The molecule has 3 aromatic rings. The molecule has 1 aromatic carbocycles. The number of aryl methyl sites for hydroxylation is 2. The van der Waals surface area contributed by atoms with Crippen LogP contribution in [0.3, 0.4) is 0 Å². The number of hydrogen-bond donors (Lipinski definition) is 0. The van der Waals surface area contributed by atoms with Crippen LogP contribution in [0.2, 0.25) is 0 Å². The number of carbonyl (C=O) groups excluding carboxylic acids is 1. The molecule has 2 aromatic heterocycles. The first-order valence-corrected chi connectivity index (χ1v) is 7.53. The minimum atomic E-state index is -0.315. The Balaban J connectivity index is 1.86. The number of aromatic nitrogens is 3. The Bertz CT molecular complexity index is 907. The number of nitrogens with zero attached hydrogens (tertiary/aromatic N) is 3. The third kappa shape index (κ3) is 2.92. The average Bonchev–Trinajstić information content (AvgIpc) is 2.93. The molecule has 0 saturated carbocycles. The van der Waals surface area contributed by atoms with Crippen LogP contribution in [0.1, 0.15) is 35.0 Å². The highest BCUT2D eigenvalue weighted by Gasteiger charge is 2.14. The maximum atomic E-state index is 12.4. The number of hydrogen-bond acceptors (Lipinski definition) is 5. The second-order valence-electron chi connectivity index (χ2n) is 5.50. The maximum Gasteiger partial charge on any atom is 0.267 e. The Labute approximate surface area is 132 Å². The van der Waals surface area contributed by atoms with E-state index in [2.05, 4.69) is 17.1 Å². The summed E-state index contributed by atoms with van der Waals surface area (Å²) in [7, 11) is 0. The largest absolute Gasteiger partial charge is 0.335 e. The number of carbonyl (C=O) groups is 1. The van der Waals surface area contributed by atoms with Gasteiger partial charge in [-0.05, 0) is 18.9 Å². The predicted octanol–water partition coefficient (Wildman–Crippen LogP) is 2.53. The number of ketones is 1. The van der Waals surface area contributed by atoms with Crippen LogP contribution in [0.25, 0.3) is 11.1 Å². The first-order valence-electron chi connectivity index (χ1n) is 7.53. The van der Waals surface area contributed by atoms with E-state index in [0.717, 1.165) is 12.8 Å². The minimum Gasteiger partial charge on any atom is -0.335 e. The molecule has 23 heavy (non-hydrogen) atoms. The van der Waals surface area contributed by atoms with Gasteiger partial charge in [0.05, 0.1) is 12.2 Å². The fourth-order valence-electron chi connectivity index (χ4n) is 2.51.